The van der Waals surface area contributed by atoms with E-state index in [1.165, 1.54) is 6.42 Å². The molecule has 2 rings (SSSR count). The van der Waals surface area contributed by atoms with Crippen molar-refractivity contribution < 1.29 is 4.79 Å². The number of imidazole rings is 1. The van der Waals surface area contributed by atoms with Crippen LogP contribution in [-0.2, 0) is 11.2 Å². The quantitative estimate of drug-likeness (QED) is 0.760. The third-order valence-corrected chi connectivity index (χ3v) is 2.58. The molecule has 1 saturated heterocycles. The topological polar surface area (TPSA) is 49.0 Å². The molecule has 0 aliphatic carbocycles. The number of likely N-dealkylation sites (tertiary alicyclic amines) is 1. The molecular formula is C10H15N3O. The molecule has 0 radical (unpaired) electrons. The van der Waals surface area contributed by atoms with E-state index < -0.39 is 0 Å². The Morgan fingerprint density at radius 3 is 2.86 bits per heavy atom. The average Bonchev–Trinajstić information content (AvgIpc) is 2.72. The predicted octanol–water partition coefficient (Wildman–Crippen LogP) is 0.965. The molecule has 0 atom stereocenters. The number of aromatic nitrogens is 2. The van der Waals surface area contributed by atoms with Crippen LogP contribution in [0.2, 0.25) is 0 Å². The van der Waals surface area contributed by atoms with Crippen LogP contribution in [0.4, 0.5) is 0 Å². The monoisotopic (exact) mass is 193 g/mol. The van der Waals surface area contributed by atoms with Crippen LogP contribution in [0.1, 0.15) is 25.1 Å². The molecule has 1 N–H and O–H groups in total. The fraction of sp³-hybridized carbons (Fsp3) is 0.600. The minimum Gasteiger partial charge on any atom is -0.348 e. The zero-order valence-corrected chi connectivity index (χ0v) is 8.20. The second kappa shape index (κ2) is 4.26. The molecular weight excluding hydrogens is 178 g/mol. The lowest BCUT2D eigenvalue weighted by molar-refractivity contribution is -0.131. The van der Waals surface area contributed by atoms with Gasteiger partial charge in [0.05, 0.1) is 6.42 Å². The Hall–Kier alpha value is -1.32. The number of nitrogens with one attached hydrogen (secondary N) is 1. The average molecular weight is 193 g/mol. The van der Waals surface area contributed by atoms with Crippen molar-refractivity contribution in [2.75, 3.05) is 13.1 Å². The maximum atomic E-state index is 11.7. The van der Waals surface area contributed by atoms with Crippen LogP contribution in [0.15, 0.2) is 12.4 Å². The van der Waals surface area contributed by atoms with E-state index in [0.29, 0.717) is 6.42 Å². The van der Waals surface area contributed by atoms with Crippen molar-refractivity contribution in [3.05, 3.63) is 18.2 Å². The summed E-state index contributed by atoms with van der Waals surface area (Å²) < 4.78 is 0. The van der Waals surface area contributed by atoms with Crippen LogP contribution in [0.25, 0.3) is 0 Å². The number of carbonyl (C=O) groups excluding carboxylic acids is 1. The van der Waals surface area contributed by atoms with Crippen molar-refractivity contribution in [2.45, 2.75) is 25.7 Å². The fourth-order valence-corrected chi connectivity index (χ4v) is 1.79. The van der Waals surface area contributed by atoms with Crippen LogP contribution < -0.4 is 0 Å². The lowest BCUT2D eigenvalue weighted by Crippen LogP contribution is -2.36. The number of H-pyrrole nitrogens is 1. The Kier molecular flexibility index (Phi) is 2.81. The second-order valence-electron chi connectivity index (χ2n) is 3.65. The largest absolute Gasteiger partial charge is 0.348 e. The highest BCUT2D eigenvalue weighted by molar-refractivity contribution is 5.78. The van der Waals surface area contributed by atoms with Gasteiger partial charge in [-0.25, -0.2) is 4.98 Å². The molecule has 14 heavy (non-hydrogen) atoms. The third kappa shape index (κ3) is 2.13. The van der Waals surface area contributed by atoms with E-state index in [2.05, 4.69) is 9.97 Å². The van der Waals surface area contributed by atoms with Gasteiger partial charge >= 0.3 is 0 Å². The molecule has 1 fully saturated rings. The zero-order chi connectivity index (χ0) is 9.80. The standard InChI is InChI=1S/C10H15N3O/c14-10(8-9-11-4-5-12-9)13-6-2-1-3-7-13/h4-5H,1-3,6-8H2,(H,11,12). The number of amides is 1. The van der Waals surface area contributed by atoms with Crippen molar-refractivity contribution in [3.8, 4) is 0 Å². The molecule has 1 aromatic rings. The summed E-state index contributed by atoms with van der Waals surface area (Å²) in [6, 6.07) is 0. The van der Waals surface area contributed by atoms with E-state index in [0.717, 1.165) is 31.8 Å². The third-order valence-electron chi connectivity index (χ3n) is 2.58. The molecule has 4 heteroatoms. The summed E-state index contributed by atoms with van der Waals surface area (Å²) in [7, 11) is 0. The van der Waals surface area contributed by atoms with E-state index >= 15 is 0 Å². The van der Waals surface area contributed by atoms with Gasteiger partial charge in [0.1, 0.15) is 5.82 Å². The number of nitrogens with zero attached hydrogens (tertiary/aromatic N) is 2. The maximum absolute atomic E-state index is 11.7. The highest BCUT2D eigenvalue weighted by Gasteiger charge is 2.16. The second-order valence-corrected chi connectivity index (χ2v) is 3.65. The Morgan fingerprint density at radius 1 is 1.43 bits per heavy atom. The molecule has 0 unspecified atom stereocenters. The first kappa shape index (κ1) is 9.24. The zero-order valence-electron chi connectivity index (χ0n) is 8.20. The van der Waals surface area contributed by atoms with Gasteiger partial charge in [-0.05, 0) is 19.3 Å². The van der Waals surface area contributed by atoms with Crippen molar-refractivity contribution in [1.82, 2.24) is 14.9 Å². The number of piperidine rings is 1. The van der Waals surface area contributed by atoms with Gasteiger partial charge in [-0.1, -0.05) is 0 Å². The van der Waals surface area contributed by atoms with Gasteiger partial charge in [-0.3, -0.25) is 4.79 Å². The number of carbonyl (C=O) groups is 1. The number of hydrogen-bond acceptors (Lipinski definition) is 2. The molecule has 4 nitrogen and oxygen atoms in total. The Labute approximate surface area is 83.3 Å². The molecule has 76 valence electrons. The smallest absolute Gasteiger partial charge is 0.230 e. The van der Waals surface area contributed by atoms with Crippen molar-refractivity contribution >= 4 is 5.91 Å². The van der Waals surface area contributed by atoms with Gasteiger partial charge in [-0.2, -0.15) is 0 Å². The van der Waals surface area contributed by atoms with Crippen molar-refractivity contribution in [2.24, 2.45) is 0 Å². The van der Waals surface area contributed by atoms with Crippen LogP contribution in [0.5, 0.6) is 0 Å². The first-order chi connectivity index (χ1) is 6.86. The minimum atomic E-state index is 0.194. The molecule has 1 aliphatic heterocycles. The summed E-state index contributed by atoms with van der Waals surface area (Å²) in [5, 5.41) is 0. The maximum Gasteiger partial charge on any atom is 0.230 e. The first-order valence-corrected chi connectivity index (χ1v) is 5.12. The predicted molar refractivity (Wildman–Crippen MR) is 52.7 cm³/mol. The molecule has 1 aromatic heterocycles. The normalized spacial score (nSPS) is 17.0. The molecule has 0 bridgehead atoms. The van der Waals surface area contributed by atoms with Crippen LogP contribution >= 0.6 is 0 Å². The highest BCUT2D eigenvalue weighted by Crippen LogP contribution is 2.09. The van der Waals surface area contributed by atoms with E-state index in [9.17, 15) is 4.79 Å². The van der Waals surface area contributed by atoms with Gasteiger partial charge in [0.15, 0.2) is 0 Å². The molecule has 0 aromatic carbocycles. The van der Waals surface area contributed by atoms with Crippen LogP contribution in [-0.4, -0.2) is 33.9 Å². The number of rotatable bonds is 2. The van der Waals surface area contributed by atoms with E-state index in [4.69, 9.17) is 0 Å². The molecule has 0 saturated carbocycles. The summed E-state index contributed by atoms with van der Waals surface area (Å²) in [6.07, 6.45) is 7.38. The summed E-state index contributed by atoms with van der Waals surface area (Å²) >= 11 is 0. The summed E-state index contributed by atoms with van der Waals surface area (Å²) in [5.74, 6) is 0.959. The van der Waals surface area contributed by atoms with Gasteiger partial charge < -0.3 is 9.88 Å². The first-order valence-electron chi connectivity index (χ1n) is 5.12. The Morgan fingerprint density at radius 2 is 2.21 bits per heavy atom. The SMILES string of the molecule is O=C(Cc1ncc[nH]1)N1CCCCC1. The summed E-state index contributed by atoms with van der Waals surface area (Å²) in [4.78, 5) is 20.7. The molecule has 1 amide bonds. The van der Waals surface area contributed by atoms with Crippen molar-refractivity contribution in [3.63, 3.8) is 0 Å². The highest BCUT2D eigenvalue weighted by atomic mass is 16.2. The summed E-state index contributed by atoms with van der Waals surface area (Å²) in [5.41, 5.74) is 0. The minimum absolute atomic E-state index is 0.194. The molecule has 1 aliphatic rings. The van der Waals surface area contributed by atoms with E-state index in [-0.39, 0.29) is 5.91 Å². The van der Waals surface area contributed by atoms with Gasteiger partial charge in [0.25, 0.3) is 0 Å². The van der Waals surface area contributed by atoms with Gasteiger partial charge in [0, 0.05) is 25.5 Å². The van der Waals surface area contributed by atoms with Gasteiger partial charge in [0.2, 0.25) is 5.91 Å². The fourth-order valence-electron chi connectivity index (χ4n) is 1.79. The summed E-state index contributed by atoms with van der Waals surface area (Å²) in [6.45, 7) is 1.83. The Balaban J connectivity index is 1.88. The number of aromatic amines is 1. The number of hydrogen-bond donors (Lipinski definition) is 1. The van der Waals surface area contributed by atoms with Crippen LogP contribution in [0, 0.1) is 0 Å². The van der Waals surface area contributed by atoms with Crippen LogP contribution in [0.3, 0.4) is 0 Å². The lowest BCUT2D eigenvalue weighted by atomic mass is 10.1. The van der Waals surface area contributed by atoms with Gasteiger partial charge in [-0.15, -0.1) is 0 Å². The lowest BCUT2D eigenvalue weighted by Gasteiger charge is -2.26. The van der Waals surface area contributed by atoms with Crippen molar-refractivity contribution in [1.29, 1.82) is 0 Å². The van der Waals surface area contributed by atoms with E-state index in [1.54, 1.807) is 12.4 Å². The molecule has 0 spiro atoms. The van der Waals surface area contributed by atoms with E-state index in [1.807, 2.05) is 4.90 Å². The molecule has 2 heterocycles. The Bertz CT molecular complexity index is 288.